The molecule has 2 aromatic rings. The Labute approximate surface area is 103 Å². The van der Waals surface area contributed by atoms with Crippen LogP contribution in [0, 0.1) is 13.8 Å². The molecule has 0 amide bonds. The van der Waals surface area contributed by atoms with Crippen molar-refractivity contribution in [1.82, 2.24) is 15.2 Å². The van der Waals surface area contributed by atoms with Gasteiger partial charge in [-0.25, -0.2) is 4.98 Å². The van der Waals surface area contributed by atoms with Crippen LogP contribution >= 0.6 is 22.9 Å². The van der Waals surface area contributed by atoms with Crippen molar-refractivity contribution in [3.63, 3.8) is 0 Å². The third-order valence-corrected chi connectivity index (χ3v) is 3.38. The molecule has 0 saturated heterocycles. The first-order valence-corrected chi connectivity index (χ1v) is 6.11. The molecular weight excluding hydrogens is 244 g/mol. The van der Waals surface area contributed by atoms with Crippen molar-refractivity contribution < 1.29 is 0 Å². The van der Waals surface area contributed by atoms with Crippen LogP contribution in [-0.4, -0.2) is 15.2 Å². The number of thiazole rings is 1. The Morgan fingerprint density at radius 1 is 1.31 bits per heavy atom. The molecule has 0 unspecified atom stereocenters. The standard InChI is InChI=1S/C10H11ClN4S/c1-6-7(2)10(15-14-9(6)11)12-3-8-4-16-5-13-8/h4-5H,3H2,1-2H3,(H,12,15). The summed E-state index contributed by atoms with van der Waals surface area (Å²) in [6.45, 7) is 4.56. The van der Waals surface area contributed by atoms with Crippen LogP contribution in [0.15, 0.2) is 10.9 Å². The van der Waals surface area contributed by atoms with E-state index in [1.165, 1.54) is 0 Å². The van der Waals surface area contributed by atoms with Crippen molar-refractivity contribution in [3.05, 3.63) is 32.9 Å². The van der Waals surface area contributed by atoms with E-state index >= 15 is 0 Å². The van der Waals surface area contributed by atoms with Crippen LogP contribution in [0.3, 0.4) is 0 Å². The van der Waals surface area contributed by atoms with E-state index in [1.807, 2.05) is 24.7 Å². The molecule has 6 heteroatoms. The molecule has 0 aliphatic rings. The Morgan fingerprint density at radius 2 is 2.12 bits per heavy atom. The first kappa shape index (κ1) is 11.3. The molecule has 0 atom stereocenters. The predicted octanol–water partition coefficient (Wildman–Crippen LogP) is 2.82. The van der Waals surface area contributed by atoms with Gasteiger partial charge >= 0.3 is 0 Å². The average molecular weight is 255 g/mol. The summed E-state index contributed by atoms with van der Waals surface area (Å²) < 4.78 is 0. The minimum atomic E-state index is 0.455. The number of halogens is 1. The minimum Gasteiger partial charge on any atom is -0.363 e. The van der Waals surface area contributed by atoms with E-state index in [0.717, 1.165) is 22.6 Å². The van der Waals surface area contributed by atoms with Crippen molar-refractivity contribution in [2.24, 2.45) is 0 Å². The van der Waals surface area contributed by atoms with Gasteiger partial charge in [-0.2, -0.15) is 0 Å². The summed E-state index contributed by atoms with van der Waals surface area (Å²) in [5, 5.41) is 13.5. The molecule has 0 saturated carbocycles. The Bertz CT molecular complexity index is 484. The molecular formula is C10H11ClN4S. The van der Waals surface area contributed by atoms with Crippen LogP contribution in [-0.2, 0) is 6.54 Å². The zero-order valence-electron chi connectivity index (χ0n) is 8.99. The van der Waals surface area contributed by atoms with Crippen molar-refractivity contribution in [1.29, 1.82) is 0 Å². The van der Waals surface area contributed by atoms with Crippen LogP contribution in [0.5, 0.6) is 0 Å². The monoisotopic (exact) mass is 254 g/mol. The van der Waals surface area contributed by atoms with Gasteiger partial charge < -0.3 is 5.32 Å². The summed E-state index contributed by atoms with van der Waals surface area (Å²) >= 11 is 7.45. The summed E-state index contributed by atoms with van der Waals surface area (Å²) in [7, 11) is 0. The van der Waals surface area contributed by atoms with Gasteiger partial charge in [0.1, 0.15) is 0 Å². The fourth-order valence-corrected chi connectivity index (χ4v) is 1.98. The Kier molecular flexibility index (Phi) is 3.36. The van der Waals surface area contributed by atoms with Gasteiger partial charge in [0.25, 0.3) is 0 Å². The van der Waals surface area contributed by atoms with Gasteiger partial charge in [-0.05, 0) is 25.0 Å². The van der Waals surface area contributed by atoms with E-state index in [9.17, 15) is 0 Å². The SMILES string of the molecule is Cc1c(Cl)nnc(NCc2cscn2)c1C. The van der Waals surface area contributed by atoms with E-state index in [1.54, 1.807) is 11.3 Å². The summed E-state index contributed by atoms with van der Waals surface area (Å²) in [5.41, 5.74) is 4.79. The summed E-state index contributed by atoms with van der Waals surface area (Å²) in [6, 6.07) is 0. The third kappa shape index (κ3) is 2.31. The van der Waals surface area contributed by atoms with Gasteiger partial charge in [-0.3, -0.25) is 0 Å². The maximum atomic E-state index is 5.87. The van der Waals surface area contributed by atoms with Gasteiger partial charge in [0.2, 0.25) is 0 Å². The fourth-order valence-electron chi connectivity index (χ4n) is 1.24. The molecule has 2 aromatic heterocycles. The highest BCUT2D eigenvalue weighted by atomic mass is 35.5. The molecule has 0 fully saturated rings. The number of anilines is 1. The quantitative estimate of drug-likeness (QED) is 0.915. The summed E-state index contributed by atoms with van der Waals surface area (Å²) in [4.78, 5) is 4.18. The second-order valence-corrected chi connectivity index (χ2v) is 4.50. The third-order valence-electron chi connectivity index (χ3n) is 2.39. The first-order valence-electron chi connectivity index (χ1n) is 4.79. The van der Waals surface area contributed by atoms with E-state index < -0.39 is 0 Å². The van der Waals surface area contributed by atoms with Gasteiger partial charge in [-0.15, -0.1) is 21.5 Å². The maximum absolute atomic E-state index is 5.87. The normalized spacial score (nSPS) is 10.4. The summed E-state index contributed by atoms with van der Waals surface area (Å²) in [5.74, 6) is 0.759. The molecule has 84 valence electrons. The molecule has 0 aromatic carbocycles. The van der Waals surface area contributed by atoms with Crippen molar-refractivity contribution >= 4 is 28.8 Å². The molecule has 0 bridgehead atoms. The van der Waals surface area contributed by atoms with Gasteiger partial charge in [-0.1, -0.05) is 11.6 Å². The Balaban J connectivity index is 2.13. The fraction of sp³-hybridized carbons (Fsp3) is 0.300. The number of aromatic nitrogens is 3. The van der Waals surface area contributed by atoms with Gasteiger partial charge in [0.15, 0.2) is 11.0 Å². The second kappa shape index (κ2) is 4.76. The Hall–Kier alpha value is -1.20. The van der Waals surface area contributed by atoms with Crippen LogP contribution in [0.1, 0.15) is 16.8 Å². The number of hydrogen-bond acceptors (Lipinski definition) is 5. The lowest BCUT2D eigenvalue weighted by Gasteiger charge is -2.08. The number of hydrogen-bond donors (Lipinski definition) is 1. The topological polar surface area (TPSA) is 50.7 Å². The van der Waals surface area contributed by atoms with Crippen LogP contribution in [0.25, 0.3) is 0 Å². The first-order chi connectivity index (χ1) is 7.68. The molecule has 4 nitrogen and oxygen atoms in total. The molecule has 16 heavy (non-hydrogen) atoms. The molecule has 1 N–H and O–H groups in total. The lowest BCUT2D eigenvalue weighted by Crippen LogP contribution is -2.06. The zero-order valence-corrected chi connectivity index (χ0v) is 10.6. The highest BCUT2D eigenvalue weighted by Crippen LogP contribution is 2.20. The van der Waals surface area contributed by atoms with Crippen LogP contribution in [0.4, 0.5) is 5.82 Å². The van der Waals surface area contributed by atoms with E-state index in [2.05, 4.69) is 20.5 Å². The highest BCUT2D eigenvalue weighted by Gasteiger charge is 2.07. The lowest BCUT2D eigenvalue weighted by atomic mass is 10.2. The van der Waals surface area contributed by atoms with Crippen molar-refractivity contribution in [3.8, 4) is 0 Å². The number of nitrogens with zero attached hydrogens (tertiary/aromatic N) is 3. The van der Waals surface area contributed by atoms with Crippen LogP contribution < -0.4 is 5.32 Å². The Morgan fingerprint density at radius 3 is 2.81 bits per heavy atom. The zero-order chi connectivity index (χ0) is 11.5. The lowest BCUT2D eigenvalue weighted by molar-refractivity contribution is 0.961. The number of nitrogens with one attached hydrogen (secondary N) is 1. The second-order valence-electron chi connectivity index (χ2n) is 3.42. The highest BCUT2D eigenvalue weighted by molar-refractivity contribution is 7.07. The molecule has 0 aliphatic heterocycles. The smallest absolute Gasteiger partial charge is 0.155 e. The van der Waals surface area contributed by atoms with Crippen molar-refractivity contribution in [2.75, 3.05) is 5.32 Å². The average Bonchev–Trinajstić information content (AvgIpc) is 2.78. The maximum Gasteiger partial charge on any atom is 0.155 e. The molecule has 0 aliphatic carbocycles. The van der Waals surface area contributed by atoms with Crippen molar-refractivity contribution in [2.45, 2.75) is 20.4 Å². The summed E-state index contributed by atoms with van der Waals surface area (Å²) in [6.07, 6.45) is 0. The minimum absolute atomic E-state index is 0.455. The molecule has 2 heterocycles. The van der Waals surface area contributed by atoms with Gasteiger partial charge in [0.05, 0.1) is 17.7 Å². The van der Waals surface area contributed by atoms with Gasteiger partial charge in [0, 0.05) is 5.38 Å². The molecule has 2 rings (SSSR count). The van der Waals surface area contributed by atoms with E-state index in [0.29, 0.717) is 11.7 Å². The van der Waals surface area contributed by atoms with E-state index in [4.69, 9.17) is 11.6 Å². The van der Waals surface area contributed by atoms with E-state index in [-0.39, 0.29) is 0 Å². The molecule has 0 spiro atoms. The molecule has 0 radical (unpaired) electrons. The van der Waals surface area contributed by atoms with Crippen LogP contribution in [0.2, 0.25) is 5.15 Å². The predicted molar refractivity (Wildman–Crippen MR) is 66.0 cm³/mol. The largest absolute Gasteiger partial charge is 0.363 e. The number of rotatable bonds is 3.